The van der Waals surface area contributed by atoms with E-state index >= 15 is 0 Å². The minimum absolute atomic E-state index is 0.0809. The number of hydrogen-bond acceptors (Lipinski definition) is 5. The molecule has 1 atom stereocenters. The Hall–Kier alpha value is -0.460. The molecule has 0 aliphatic rings. The first-order valence-electron chi connectivity index (χ1n) is 6.58. The smallest absolute Gasteiger partial charge is 0.0897 e. The second kappa shape index (κ2) is 7.97. The van der Waals surface area contributed by atoms with Crippen LogP contribution in [0.1, 0.15) is 18.7 Å². The van der Waals surface area contributed by atoms with Crippen molar-refractivity contribution in [2.75, 3.05) is 33.8 Å². The molecule has 0 amide bonds. The van der Waals surface area contributed by atoms with Gasteiger partial charge >= 0.3 is 0 Å². The van der Waals surface area contributed by atoms with E-state index in [4.69, 9.17) is 4.74 Å². The molecule has 1 rings (SSSR count). The van der Waals surface area contributed by atoms with Crippen LogP contribution in [0.15, 0.2) is 17.5 Å². The summed E-state index contributed by atoms with van der Waals surface area (Å²) in [5.74, 6) is 0. The second-order valence-electron chi connectivity index (χ2n) is 5.59. The molecule has 0 aliphatic carbocycles. The van der Waals surface area contributed by atoms with Gasteiger partial charge in [-0.15, -0.1) is 11.3 Å². The Kier molecular flexibility index (Phi) is 6.96. The number of aliphatic hydroxyl groups is 1. The average molecular weight is 286 g/mol. The van der Waals surface area contributed by atoms with Gasteiger partial charge in [0.2, 0.25) is 0 Å². The first kappa shape index (κ1) is 16.6. The molecule has 0 bridgehead atoms. The van der Waals surface area contributed by atoms with Gasteiger partial charge in [0.1, 0.15) is 0 Å². The number of thiophene rings is 1. The van der Waals surface area contributed by atoms with Gasteiger partial charge in [0.05, 0.1) is 19.3 Å². The standard InChI is InChI=1S/C14H26N2O2S/c1-14(2,16(3)4)11-15-8-12(17)9-18-10-13-6-5-7-19-13/h5-7,12,15,17H,8-11H2,1-4H3. The van der Waals surface area contributed by atoms with Crippen molar-refractivity contribution in [1.29, 1.82) is 0 Å². The Balaban J connectivity index is 2.09. The topological polar surface area (TPSA) is 44.7 Å². The van der Waals surface area contributed by atoms with Crippen molar-refractivity contribution in [2.45, 2.75) is 32.1 Å². The van der Waals surface area contributed by atoms with E-state index < -0.39 is 6.10 Å². The minimum atomic E-state index is -0.460. The van der Waals surface area contributed by atoms with E-state index in [1.165, 1.54) is 4.88 Å². The Bertz CT molecular complexity index is 339. The van der Waals surface area contributed by atoms with Gasteiger partial charge in [-0.2, -0.15) is 0 Å². The first-order chi connectivity index (χ1) is 8.92. The lowest BCUT2D eigenvalue weighted by molar-refractivity contribution is 0.0283. The molecule has 0 saturated carbocycles. The maximum atomic E-state index is 9.82. The third kappa shape index (κ3) is 6.49. The van der Waals surface area contributed by atoms with E-state index in [0.29, 0.717) is 19.8 Å². The largest absolute Gasteiger partial charge is 0.389 e. The van der Waals surface area contributed by atoms with E-state index in [2.05, 4.69) is 38.2 Å². The lowest BCUT2D eigenvalue weighted by atomic mass is 10.0. The Morgan fingerprint density at radius 1 is 1.47 bits per heavy atom. The van der Waals surface area contributed by atoms with Gasteiger partial charge in [-0.25, -0.2) is 0 Å². The van der Waals surface area contributed by atoms with Gasteiger partial charge in [-0.3, -0.25) is 0 Å². The number of likely N-dealkylation sites (N-methyl/N-ethyl adjacent to an activating group) is 1. The maximum Gasteiger partial charge on any atom is 0.0897 e. The summed E-state index contributed by atoms with van der Waals surface area (Å²) in [6.07, 6.45) is -0.460. The highest BCUT2D eigenvalue weighted by Crippen LogP contribution is 2.10. The number of hydrogen-bond donors (Lipinski definition) is 2. The molecule has 0 saturated heterocycles. The lowest BCUT2D eigenvalue weighted by Crippen LogP contribution is -2.48. The zero-order valence-corrected chi connectivity index (χ0v) is 13.2. The van der Waals surface area contributed by atoms with E-state index in [9.17, 15) is 5.11 Å². The zero-order valence-electron chi connectivity index (χ0n) is 12.3. The molecule has 0 radical (unpaired) electrons. The number of nitrogens with zero attached hydrogens (tertiary/aromatic N) is 1. The highest BCUT2D eigenvalue weighted by atomic mass is 32.1. The van der Waals surface area contributed by atoms with Crippen molar-refractivity contribution in [3.8, 4) is 0 Å². The molecule has 1 heterocycles. The van der Waals surface area contributed by atoms with E-state index in [0.717, 1.165) is 6.54 Å². The first-order valence-corrected chi connectivity index (χ1v) is 7.46. The Labute approximate surface area is 120 Å². The van der Waals surface area contributed by atoms with Gasteiger partial charge in [0.15, 0.2) is 0 Å². The molecule has 19 heavy (non-hydrogen) atoms. The molecular formula is C14H26N2O2S. The fraction of sp³-hybridized carbons (Fsp3) is 0.714. The number of rotatable bonds is 9. The molecule has 5 heteroatoms. The summed E-state index contributed by atoms with van der Waals surface area (Å²) in [6, 6.07) is 4.04. The average Bonchev–Trinajstić information content (AvgIpc) is 2.81. The minimum Gasteiger partial charge on any atom is -0.389 e. The summed E-state index contributed by atoms with van der Waals surface area (Å²) in [7, 11) is 4.12. The second-order valence-corrected chi connectivity index (χ2v) is 6.62. The summed E-state index contributed by atoms with van der Waals surface area (Å²) in [4.78, 5) is 3.36. The van der Waals surface area contributed by atoms with E-state index in [1.54, 1.807) is 11.3 Å². The van der Waals surface area contributed by atoms with Crippen LogP contribution < -0.4 is 5.32 Å². The molecular weight excluding hydrogens is 260 g/mol. The monoisotopic (exact) mass is 286 g/mol. The van der Waals surface area contributed by atoms with Gasteiger partial charge < -0.3 is 20.1 Å². The predicted octanol–water partition coefficient (Wildman–Crippen LogP) is 1.56. The van der Waals surface area contributed by atoms with Crippen LogP contribution in [0.5, 0.6) is 0 Å². The third-order valence-electron chi connectivity index (χ3n) is 3.28. The van der Waals surface area contributed by atoms with Gasteiger partial charge in [-0.1, -0.05) is 6.07 Å². The maximum absolute atomic E-state index is 9.82. The molecule has 0 spiro atoms. The van der Waals surface area contributed by atoms with Crippen LogP contribution in [0.4, 0.5) is 0 Å². The summed E-state index contributed by atoms with van der Waals surface area (Å²) in [5.41, 5.74) is 0.0809. The van der Waals surface area contributed by atoms with Crippen LogP contribution in [0.3, 0.4) is 0 Å². The fourth-order valence-electron chi connectivity index (χ4n) is 1.45. The molecule has 0 aromatic carbocycles. The predicted molar refractivity (Wildman–Crippen MR) is 80.6 cm³/mol. The van der Waals surface area contributed by atoms with Crippen LogP contribution in [-0.4, -0.2) is 55.4 Å². The van der Waals surface area contributed by atoms with Crippen molar-refractivity contribution >= 4 is 11.3 Å². The normalized spacial score (nSPS) is 14.0. The van der Waals surface area contributed by atoms with Crippen LogP contribution in [0.2, 0.25) is 0 Å². The van der Waals surface area contributed by atoms with Crippen molar-refractivity contribution in [2.24, 2.45) is 0 Å². The number of aliphatic hydroxyl groups excluding tert-OH is 1. The SMILES string of the molecule is CN(C)C(C)(C)CNCC(O)COCc1cccs1. The molecule has 0 fully saturated rings. The van der Waals surface area contributed by atoms with E-state index in [-0.39, 0.29) is 5.54 Å². The highest BCUT2D eigenvalue weighted by molar-refractivity contribution is 7.09. The Morgan fingerprint density at radius 3 is 2.79 bits per heavy atom. The number of ether oxygens (including phenoxy) is 1. The van der Waals surface area contributed by atoms with Crippen molar-refractivity contribution in [3.05, 3.63) is 22.4 Å². The quantitative estimate of drug-likeness (QED) is 0.723. The van der Waals surface area contributed by atoms with Crippen LogP contribution >= 0.6 is 11.3 Å². The summed E-state index contributed by atoms with van der Waals surface area (Å²) < 4.78 is 5.48. The molecule has 2 N–H and O–H groups in total. The molecule has 0 aliphatic heterocycles. The molecule has 4 nitrogen and oxygen atoms in total. The molecule has 1 aromatic rings. The molecule has 1 unspecified atom stereocenters. The summed E-state index contributed by atoms with van der Waals surface area (Å²) >= 11 is 1.67. The highest BCUT2D eigenvalue weighted by Gasteiger charge is 2.19. The zero-order chi connectivity index (χ0) is 14.3. The van der Waals surface area contributed by atoms with Crippen LogP contribution in [0, 0.1) is 0 Å². The summed E-state index contributed by atoms with van der Waals surface area (Å²) in [6.45, 7) is 6.67. The number of nitrogens with one attached hydrogen (secondary N) is 1. The fourth-order valence-corrected chi connectivity index (χ4v) is 2.09. The molecule has 1 aromatic heterocycles. The van der Waals surface area contributed by atoms with Gasteiger partial charge in [0, 0.05) is 23.5 Å². The van der Waals surface area contributed by atoms with Crippen molar-refractivity contribution in [3.63, 3.8) is 0 Å². The van der Waals surface area contributed by atoms with Gasteiger partial charge in [-0.05, 0) is 39.4 Å². The summed E-state index contributed by atoms with van der Waals surface area (Å²) in [5, 5.41) is 15.1. The lowest BCUT2D eigenvalue weighted by Gasteiger charge is -2.33. The van der Waals surface area contributed by atoms with Gasteiger partial charge in [0.25, 0.3) is 0 Å². The van der Waals surface area contributed by atoms with Crippen LogP contribution in [-0.2, 0) is 11.3 Å². The van der Waals surface area contributed by atoms with E-state index in [1.807, 2.05) is 17.5 Å². The van der Waals surface area contributed by atoms with Crippen molar-refractivity contribution < 1.29 is 9.84 Å². The van der Waals surface area contributed by atoms with Crippen molar-refractivity contribution in [1.82, 2.24) is 10.2 Å². The Morgan fingerprint density at radius 2 is 2.21 bits per heavy atom. The van der Waals surface area contributed by atoms with Crippen LogP contribution in [0.25, 0.3) is 0 Å². The molecule has 110 valence electrons. The third-order valence-corrected chi connectivity index (χ3v) is 4.13.